The van der Waals surface area contributed by atoms with Gasteiger partial charge in [-0.1, -0.05) is 6.92 Å². The number of nitrogens with zero attached hydrogens (tertiary/aromatic N) is 2. The molecule has 0 fully saturated rings. The Morgan fingerprint density at radius 1 is 1.10 bits per heavy atom. The van der Waals surface area contributed by atoms with E-state index in [4.69, 9.17) is 0 Å². The average Bonchev–Trinajstić information content (AvgIpc) is 2.42. The first-order chi connectivity index (χ1) is 9.62. The summed E-state index contributed by atoms with van der Waals surface area (Å²) < 4.78 is 26.5. The van der Waals surface area contributed by atoms with Crippen LogP contribution in [0, 0.1) is 11.6 Å². The van der Waals surface area contributed by atoms with Gasteiger partial charge in [-0.05, 0) is 18.6 Å². The van der Waals surface area contributed by atoms with Crippen LogP contribution >= 0.6 is 0 Å². The Bertz CT molecular complexity index is 602. The lowest BCUT2D eigenvalue weighted by Crippen LogP contribution is -2.04. The van der Waals surface area contributed by atoms with Crippen molar-refractivity contribution in [2.45, 2.75) is 19.8 Å². The predicted octanol–water partition coefficient (Wildman–Crippen LogP) is 3.49. The average molecular weight is 278 g/mol. The van der Waals surface area contributed by atoms with Crippen LogP contribution in [0.2, 0.25) is 0 Å². The topological polar surface area (TPSA) is 49.8 Å². The maximum absolute atomic E-state index is 13.6. The maximum Gasteiger partial charge on any atom is 0.149 e. The van der Waals surface area contributed by atoms with Crippen LogP contribution in [0.25, 0.3) is 0 Å². The molecule has 1 aromatic carbocycles. The highest BCUT2D eigenvalue weighted by molar-refractivity contribution is 5.59. The van der Waals surface area contributed by atoms with Crippen molar-refractivity contribution in [2.75, 3.05) is 17.7 Å². The second kappa shape index (κ2) is 6.27. The maximum atomic E-state index is 13.6. The summed E-state index contributed by atoms with van der Waals surface area (Å²) >= 11 is 0. The minimum absolute atomic E-state index is 0.176. The fraction of sp³-hybridized carbons (Fsp3) is 0.286. The smallest absolute Gasteiger partial charge is 0.149 e. The third-order valence-electron chi connectivity index (χ3n) is 2.70. The molecule has 4 nitrogen and oxygen atoms in total. The van der Waals surface area contributed by atoms with E-state index in [1.165, 1.54) is 12.1 Å². The molecular weight excluding hydrogens is 262 g/mol. The first-order valence-corrected chi connectivity index (χ1v) is 6.40. The standard InChI is InChI=1S/C14H16F2N4/c1-3-4-12-19-13(17-2)8-14(20-12)18-11-6-5-9(15)7-10(11)16/h5-8H,3-4H2,1-2H3,(H2,17,18,19,20). The summed E-state index contributed by atoms with van der Waals surface area (Å²) in [6.07, 6.45) is 1.65. The first kappa shape index (κ1) is 14.2. The largest absolute Gasteiger partial charge is 0.373 e. The zero-order valence-corrected chi connectivity index (χ0v) is 11.4. The number of nitrogens with one attached hydrogen (secondary N) is 2. The molecule has 1 aromatic heterocycles. The van der Waals surface area contributed by atoms with Crippen molar-refractivity contribution in [3.05, 3.63) is 41.7 Å². The summed E-state index contributed by atoms with van der Waals surface area (Å²) in [6, 6.07) is 5.03. The molecule has 0 saturated heterocycles. The van der Waals surface area contributed by atoms with Gasteiger partial charge < -0.3 is 10.6 Å². The lowest BCUT2D eigenvalue weighted by Gasteiger charge is -2.10. The summed E-state index contributed by atoms with van der Waals surface area (Å²) in [5.74, 6) is 0.515. The molecule has 0 bridgehead atoms. The number of halogens is 2. The zero-order valence-electron chi connectivity index (χ0n) is 11.4. The minimum Gasteiger partial charge on any atom is -0.373 e. The number of hydrogen-bond acceptors (Lipinski definition) is 4. The van der Waals surface area contributed by atoms with E-state index in [2.05, 4.69) is 20.6 Å². The van der Waals surface area contributed by atoms with Gasteiger partial charge in [0.1, 0.15) is 29.1 Å². The number of hydrogen-bond donors (Lipinski definition) is 2. The van der Waals surface area contributed by atoms with Gasteiger partial charge in [-0.3, -0.25) is 0 Å². The molecule has 0 amide bonds. The van der Waals surface area contributed by atoms with E-state index in [1.807, 2.05) is 6.92 Å². The second-order valence-corrected chi connectivity index (χ2v) is 4.30. The number of aromatic nitrogens is 2. The Labute approximate surface area is 116 Å². The van der Waals surface area contributed by atoms with E-state index < -0.39 is 11.6 Å². The molecule has 0 saturated carbocycles. The molecule has 0 spiro atoms. The molecular formula is C14H16F2N4. The van der Waals surface area contributed by atoms with Crippen molar-refractivity contribution >= 4 is 17.3 Å². The molecule has 106 valence electrons. The highest BCUT2D eigenvalue weighted by atomic mass is 19.1. The summed E-state index contributed by atoms with van der Waals surface area (Å²) in [5, 5.41) is 5.77. The summed E-state index contributed by atoms with van der Waals surface area (Å²) in [5.41, 5.74) is 0.176. The SMILES string of the molecule is CCCc1nc(NC)cc(Nc2ccc(F)cc2F)n1. The Morgan fingerprint density at radius 3 is 2.50 bits per heavy atom. The van der Waals surface area contributed by atoms with Gasteiger partial charge in [-0.25, -0.2) is 18.7 Å². The van der Waals surface area contributed by atoms with Crippen molar-refractivity contribution in [3.63, 3.8) is 0 Å². The van der Waals surface area contributed by atoms with Crippen molar-refractivity contribution < 1.29 is 8.78 Å². The lowest BCUT2D eigenvalue weighted by atomic mass is 10.3. The van der Waals surface area contributed by atoms with Crippen LogP contribution < -0.4 is 10.6 Å². The first-order valence-electron chi connectivity index (χ1n) is 6.40. The van der Waals surface area contributed by atoms with Gasteiger partial charge in [0.2, 0.25) is 0 Å². The van der Waals surface area contributed by atoms with E-state index in [0.29, 0.717) is 17.5 Å². The monoisotopic (exact) mass is 278 g/mol. The number of aryl methyl sites for hydroxylation is 1. The summed E-state index contributed by atoms with van der Waals surface area (Å²) in [4.78, 5) is 8.61. The van der Waals surface area contributed by atoms with Gasteiger partial charge in [0.05, 0.1) is 5.69 Å². The van der Waals surface area contributed by atoms with Crippen molar-refractivity contribution in [1.29, 1.82) is 0 Å². The third-order valence-corrected chi connectivity index (χ3v) is 2.70. The molecule has 2 N–H and O–H groups in total. The van der Waals surface area contributed by atoms with Crippen molar-refractivity contribution in [3.8, 4) is 0 Å². The quantitative estimate of drug-likeness (QED) is 0.879. The van der Waals surface area contributed by atoms with Gasteiger partial charge in [-0.2, -0.15) is 0 Å². The van der Waals surface area contributed by atoms with Gasteiger partial charge in [0, 0.05) is 25.6 Å². The van der Waals surface area contributed by atoms with Crippen LogP contribution in [0.1, 0.15) is 19.2 Å². The van der Waals surface area contributed by atoms with Crippen LogP contribution in [-0.2, 0) is 6.42 Å². The molecule has 0 atom stereocenters. The van der Waals surface area contributed by atoms with E-state index in [-0.39, 0.29) is 5.69 Å². The fourth-order valence-electron chi connectivity index (χ4n) is 1.75. The molecule has 0 aliphatic rings. The van der Waals surface area contributed by atoms with Crippen molar-refractivity contribution in [2.24, 2.45) is 0 Å². The second-order valence-electron chi connectivity index (χ2n) is 4.30. The Balaban J connectivity index is 2.29. The Morgan fingerprint density at radius 2 is 1.85 bits per heavy atom. The van der Waals surface area contributed by atoms with E-state index in [9.17, 15) is 8.78 Å². The molecule has 1 heterocycles. The number of rotatable bonds is 5. The van der Waals surface area contributed by atoms with Gasteiger partial charge in [-0.15, -0.1) is 0 Å². The molecule has 2 aromatic rings. The summed E-state index contributed by atoms with van der Waals surface area (Å²) in [7, 11) is 1.75. The van der Waals surface area contributed by atoms with Crippen LogP contribution in [0.15, 0.2) is 24.3 Å². The predicted molar refractivity (Wildman–Crippen MR) is 75.2 cm³/mol. The number of anilines is 3. The van der Waals surface area contributed by atoms with Crippen molar-refractivity contribution in [1.82, 2.24) is 9.97 Å². The van der Waals surface area contributed by atoms with Gasteiger partial charge in [0.15, 0.2) is 0 Å². The molecule has 6 heteroatoms. The zero-order chi connectivity index (χ0) is 14.5. The van der Waals surface area contributed by atoms with Gasteiger partial charge in [0.25, 0.3) is 0 Å². The summed E-state index contributed by atoms with van der Waals surface area (Å²) in [6.45, 7) is 2.03. The van der Waals surface area contributed by atoms with Crippen LogP contribution in [0.3, 0.4) is 0 Å². The fourth-order valence-corrected chi connectivity index (χ4v) is 1.75. The minimum atomic E-state index is -0.660. The lowest BCUT2D eigenvalue weighted by molar-refractivity contribution is 0.586. The highest BCUT2D eigenvalue weighted by Gasteiger charge is 2.07. The molecule has 2 rings (SSSR count). The van der Waals surface area contributed by atoms with Crippen LogP contribution in [0.4, 0.5) is 26.1 Å². The molecule has 0 radical (unpaired) electrons. The third kappa shape index (κ3) is 3.40. The highest BCUT2D eigenvalue weighted by Crippen LogP contribution is 2.21. The normalized spacial score (nSPS) is 10.4. The Hall–Kier alpha value is -2.24. The van der Waals surface area contributed by atoms with Crippen LogP contribution in [0.5, 0.6) is 0 Å². The molecule has 0 aliphatic carbocycles. The molecule has 0 aliphatic heterocycles. The Kier molecular flexibility index (Phi) is 4.45. The van der Waals surface area contributed by atoms with Gasteiger partial charge >= 0.3 is 0 Å². The van der Waals surface area contributed by atoms with Crippen LogP contribution in [-0.4, -0.2) is 17.0 Å². The molecule has 20 heavy (non-hydrogen) atoms. The number of benzene rings is 1. The van der Waals surface area contributed by atoms with E-state index in [1.54, 1.807) is 13.1 Å². The van der Waals surface area contributed by atoms with E-state index >= 15 is 0 Å². The van der Waals surface area contributed by atoms with E-state index in [0.717, 1.165) is 18.9 Å². The molecule has 0 unspecified atom stereocenters.